The fraction of sp³-hybridized carbons (Fsp3) is 0.323. The van der Waals surface area contributed by atoms with Gasteiger partial charge in [0.05, 0.1) is 29.9 Å². The van der Waals surface area contributed by atoms with Crippen molar-refractivity contribution in [1.82, 2.24) is 24.4 Å². The molecule has 44 heavy (non-hydrogen) atoms. The lowest BCUT2D eigenvalue weighted by atomic mass is 10.00. The van der Waals surface area contributed by atoms with E-state index in [1.165, 1.54) is 53.7 Å². The molecule has 2 aliphatic rings. The lowest BCUT2D eigenvalue weighted by Crippen LogP contribution is -2.23. The van der Waals surface area contributed by atoms with E-state index in [0.29, 0.717) is 21.7 Å². The van der Waals surface area contributed by atoms with Crippen LogP contribution < -0.4 is 20.3 Å². The van der Waals surface area contributed by atoms with Crippen LogP contribution in [0.25, 0.3) is 16.9 Å². The molecule has 6 rings (SSSR count). The van der Waals surface area contributed by atoms with E-state index < -0.39 is 23.6 Å². The monoisotopic (exact) mass is 618 g/mol. The molecule has 10 nitrogen and oxygen atoms in total. The van der Waals surface area contributed by atoms with Crippen LogP contribution in [0.3, 0.4) is 0 Å². The van der Waals surface area contributed by atoms with Crippen LogP contribution in [0.4, 0.5) is 13.9 Å². The summed E-state index contributed by atoms with van der Waals surface area (Å²) in [5, 5.41) is 3.07. The molecule has 0 spiro atoms. The Kier molecular flexibility index (Phi) is 8.36. The van der Waals surface area contributed by atoms with Crippen LogP contribution in [0.2, 0.25) is 0 Å². The third-order valence-corrected chi connectivity index (χ3v) is 8.08. The van der Waals surface area contributed by atoms with Crippen molar-refractivity contribution >= 4 is 22.4 Å². The highest BCUT2D eigenvalue weighted by Crippen LogP contribution is 2.36. The highest BCUT2D eigenvalue weighted by atomic mass is 32.1. The Morgan fingerprint density at radius 2 is 1.95 bits per heavy atom. The van der Waals surface area contributed by atoms with Gasteiger partial charge in [-0.05, 0) is 44.5 Å². The van der Waals surface area contributed by atoms with Crippen molar-refractivity contribution in [1.29, 1.82) is 0 Å². The number of nitrogens with zero attached hydrogens (tertiary/aromatic N) is 5. The molecule has 13 heteroatoms. The number of anilines is 1. The molecule has 1 saturated heterocycles. The molecule has 1 aliphatic carbocycles. The van der Waals surface area contributed by atoms with Crippen LogP contribution in [-0.4, -0.2) is 63.7 Å². The van der Waals surface area contributed by atoms with E-state index in [9.17, 15) is 18.4 Å². The number of amides is 1. The summed E-state index contributed by atoms with van der Waals surface area (Å²) in [7, 11) is 3.38. The number of hydrogen-bond acceptors (Lipinski definition) is 9. The quantitative estimate of drug-likeness (QED) is 0.281. The largest absolute Gasteiger partial charge is 0.494 e. The van der Waals surface area contributed by atoms with E-state index in [4.69, 9.17) is 9.47 Å². The Morgan fingerprint density at radius 3 is 2.66 bits per heavy atom. The first-order valence-corrected chi connectivity index (χ1v) is 14.8. The van der Waals surface area contributed by atoms with Gasteiger partial charge in [-0.2, -0.15) is 0 Å². The summed E-state index contributed by atoms with van der Waals surface area (Å²) in [6.45, 7) is 1.68. The summed E-state index contributed by atoms with van der Waals surface area (Å²) in [4.78, 5) is 42.0. The van der Waals surface area contributed by atoms with Gasteiger partial charge in [-0.1, -0.05) is 23.2 Å². The molecule has 1 unspecified atom stereocenters. The van der Waals surface area contributed by atoms with Gasteiger partial charge in [-0.15, -0.1) is 0 Å². The molecule has 1 atom stereocenters. The molecule has 226 valence electrons. The lowest BCUT2D eigenvalue weighted by Gasteiger charge is -2.16. The van der Waals surface area contributed by atoms with Gasteiger partial charge in [0.2, 0.25) is 0 Å². The minimum absolute atomic E-state index is 0.0138. The number of aromatic nitrogens is 4. The molecular formula is C31H28F2N6O4S. The van der Waals surface area contributed by atoms with Crippen molar-refractivity contribution in [3.05, 3.63) is 75.5 Å². The van der Waals surface area contributed by atoms with E-state index in [-0.39, 0.29) is 34.4 Å². The molecular weight excluding hydrogens is 590 g/mol. The Bertz CT molecular complexity index is 1830. The number of hydrogen-bond donors (Lipinski definition) is 1. The van der Waals surface area contributed by atoms with E-state index in [2.05, 4.69) is 37.0 Å². The number of carbonyl (C=O) groups is 1. The molecule has 4 aromatic rings. The number of alkyl halides is 2. The standard InChI is InChI=1S/C31H28F2N6O4S/c1-38-9-7-20(17-38)43-19-8-10-39(28(40)11-19)27-13-22(23-12-25(29(32)33)34-16-26(23)42-2)24(15-35-27)30(41)37-31-36-14-21(44-31)6-5-18-3-4-18/h8,10-16,18,20,29H,3-4,7,9,17H2,1-2H3,(H,36,37,41). The number of likely N-dealkylation sites (N-methyl/N-ethyl adjacent to an activating group) is 1. The summed E-state index contributed by atoms with van der Waals surface area (Å²) in [5.41, 5.74) is -0.472. The van der Waals surface area contributed by atoms with Gasteiger partial charge in [0.1, 0.15) is 29.1 Å². The van der Waals surface area contributed by atoms with Gasteiger partial charge < -0.3 is 14.4 Å². The van der Waals surface area contributed by atoms with Crippen molar-refractivity contribution < 1.29 is 23.0 Å². The second kappa shape index (κ2) is 12.5. The van der Waals surface area contributed by atoms with E-state index in [1.54, 1.807) is 12.3 Å². The molecule has 5 heterocycles. The second-order valence-electron chi connectivity index (χ2n) is 10.6. The molecule has 1 aliphatic heterocycles. The van der Waals surface area contributed by atoms with Crippen LogP contribution >= 0.6 is 11.3 Å². The Hall–Kier alpha value is -4.67. The smallest absolute Gasteiger partial charge is 0.280 e. The number of methoxy groups -OCH3 is 1. The molecule has 1 amide bonds. The number of nitrogens with one attached hydrogen (secondary N) is 1. The first-order valence-electron chi connectivity index (χ1n) is 14.0. The van der Waals surface area contributed by atoms with Crippen molar-refractivity contribution in [3.8, 4) is 40.3 Å². The predicted octanol–water partition coefficient (Wildman–Crippen LogP) is 4.79. The maximum absolute atomic E-state index is 13.7. The third-order valence-electron chi connectivity index (χ3n) is 7.25. The van der Waals surface area contributed by atoms with Crippen molar-refractivity contribution in [3.63, 3.8) is 0 Å². The van der Waals surface area contributed by atoms with Gasteiger partial charge in [0, 0.05) is 48.6 Å². The number of ether oxygens (including phenoxy) is 2. The Morgan fingerprint density at radius 1 is 1.11 bits per heavy atom. The fourth-order valence-electron chi connectivity index (χ4n) is 4.79. The lowest BCUT2D eigenvalue weighted by molar-refractivity contribution is 0.102. The summed E-state index contributed by atoms with van der Waals surface area (Å²) in [5.74, 6) is 6.82. The third kappa shape index (κ3) is 6.61. The summed E-state index contributed by atoms with van der Waals surface area (Å²) in [6.07, 6.45) is 5.74. The maximum Gasteiger partial charge on any atom is 0.280 e. The van der Waals surface area contributed by atoms with E-state index in [1.807, 2.05) is 7.05 Å². The van der Waals surface area contributed by atoms with Crippen LogP contribution in [0, 0.1) is 17.8 Å². The van der Waals surface area contributed by atoms with Crippen molar-refractivity contribution in [2.75, 3.05) is 32.6 Å². The van der Waals surface area contributed by atoms with Gasteiger partial charge in [-0.25, -0.2) is 18.7 Å². The van der Waals surface area contributed by atoms with Gasteiger partial charge >= 0.3 is 0 Å². The van der Waals surface area contributed by atoms with Gasteiger partial charge in [0.25, 0.3) is 17.9 Å². The van der Waals surface area contributed by atoms with E-state index in [0.717, 1.165) is 38.4 Å². The minimum Gasteiger partial charge on any atom is -0.494 e. The summed E-state index contributed by atoms with van der Waals surface area (Å²) < 4.78 is 40.1. The first kappa shape index (κ1) is 29.4. The van der Waals surface area contributed by atoms with Crippen LogP contribution in [0.1, 0.15) is 46.6 Å². The zero-order chi connectivity index (χ0) is 30.8. The second-order valence-corrected chi connectivity index (χ2v) is 11.6. The minimum atomic E-state index is -2.86. The average Bonchev–Trinajstić information content (AvgIpc) is 3.60. The number of halogens is 2. The zero-order valence-electron chi connectivity index (χ0n) is 23.9. The highest BCUT2D eigenvalue weighted by molar-refractivity contribution is 7.16. The zero-order valence-corrected chi connectivity index (χ0v) is 24.7. The molecule has 4 aromatic heterocycles. The first-order chi connectivity index (χ1) is 21.3. The maximum atomic E-state index is 13.7. The van der Waals surface area contributed by atoms with Crippen molar-refractivity contribution in [2.45, 2.75) is 31.8 Å². The molecule has 0 radical (unpaired) electrons. The Balaban J connectivity index is 1.36. The topological polar surface area (TPSA) is 111 Å². The van der Waals surface area contributed by atoms with E-state index >= 15 is 0 Å². The molecule has 1 N–H and O–H groups in total. The van der Waals surface area contributed by atoms with Crippen molar-refractivity contribution in [2.24, 2.45) is 5.92 Å². The van der Waals surface area contributed by atoms with Crippen LogP contribution in [0.5, 0.6) is 11.5 Å². The molecule has 0 bridgehead atoms. The SMILES string of the molecule is COc1cnc(C(F)F)cc1-c1cc(-n2ccc(OC3CCN(C)C3)cc2=O)ncc1C(=O)Nc1ncc(C#CC2CC2)s1. The number of pyridine rings is 3. The molecule has 2 fully saturated rings. The summed E-state index contributed by atoms with van der Waals surface area (Å²) in [6, 6.07) is 5.67. The number of carbonyl (C=O) groups excluding carboxylic acids is 1. The number of likely N-dealkylation sites (tertiary alicyclic amines) is 1. The van der Waals surface area contributed by atoms with Crippen LogP contribution in [-0.2, 0) is 0 Å². The van der Waals surface area contributed by atoms with Gasteiger partial charge in [-0.3, -0.25) is 24.5 Å². The predicted molar refractivity (Wildman–Crippen MR) is 161 cm³/mol. The fourth-order valence-corrected chi connectivity index (χ4v) is 5.47. The van der Waals surface area contributed by atoms with Gasteiger partial charge in [0.15, 0.2) is 5.13 Å². The number of thiazole rings is 1. The average molecular weight is 619 g/mol. The Labute approximate surface area is 255 Å². The molecule has 1 saturated carbocycles. The normalized spacial score (nSPS) is 16.4. The molecule has 0 aromatic carbocycles. The highest BCUT2D eigenvalue weighted by Gasteiger charge is 2.24. The van der Waals surface area contributed by atoms with Crippen LogP contribution in [0.15, 0.2) is 53.8 Å². The number of rotatable bonds is 8. The summed E-state index contributed by atoms with van der Waals surface area (Å²) >= 11 is 1.22.